The van der Waals surface area contributed by atoms with Crippen LogP contribution in [0.25, 0.3) is 11.3 Å². The van der Waals surface area contributed by atoms with Gasteiger partial charge in [0.1, 0.15) is 12.2 Å². The van der Waals surface area contributed by atoms with Crippen molar-refractivity contribution in [3.63, 3.8) is 0 Å². The van der Waals surface area contributed by atoms with E-state index >= 15 is 0 Å². The minimum atomic E-state index is -0.210. The van der Waals surface area contributed by atoms with Crippen LogP contribution in [0, 0.1) is 0 Å². The van der Waals surface area contributed by atoms with Gasteiger partial charge in [-0.1, -0.05) is 12.1 Å². The van der Waals surface area contributed by atoms with Crippen molar-refractivity contribution in [2.24, 2.45) is 0 Å². The van der Waals surface area contributed by atoms with Crippen molar-refractivity contribution in [1.29, 1.82) is 0 Å². The lowest BCUT2D eigenvalue weighted by atomic mass is 10.1. The summed E-state index contributed by atoms with van der Waals surface area (Å²) < 4.78 is 1.84. The fourth-order valence-corrected chi connectivity index (χ4v) is 2.86. The van der Waals surface area contributed by atoms with Crippen LogP contribution in [-0.2, 0) is 13.0 Å². The van der Waals surface area contributed by atoms with Gasteiger partial charge >= 0.3 is 6.03 Å². The maximum atomic E-state index is 12.2. The average Bonchev–Trinajstić information content (AvgIpc) is 3.26. The van der Waals surface area contributed by atoms with E-state index in [2.05, 4.69) is 30.9 Å². The summed E-state index contributed by atoms with van der Waals surface area (Å²) in [7, 11) is 0. The number of H-pyrrole nitrogens is 1. The van der Waals surface area contributed by atoms with Gasteiger partial charge in [-0.3, -0.25) is 5.10 Å². The highest BCUT2D eigenvalue weighted by molar-refractivity contribution is 5.89. The fourth-order valence-electron chi connectivity index (χ4n) is 2.86. The molecular weight excluding hydrogens is 306 g/mol. The van der Waals surface area contributed by atoms with E-state index in [1.165, 1.54) is 0 Å². The molecule has 3 N–H and O–H groups in total. The highest BCUT2D eigenvalue weighted by Gasteiger charge is 2.21. The lowest BCUT2D eigenvalue weighted by molar-refractivity contribution is 0.243. The Labute approximate surface area is 138 Å². The van der Waals surface area contributed by atoms with Crippen molar-refractivity contribution in [3.8, 4) is 11.3 Å². The summed E-state index contributed by atoms with van der Waals surface area (Å²) in [6.07, 6.45) is 4.95. The molecule has 0 bridgehead atoms. The van der Waals surface area contributed by atoms with Gasteiger partial charge in [-0.2, -0.15) is 10.2 Å². The Morgan fingerprint density at radius 2 is 2.12 bits per heavy atom. The third-order valence-corrected chi connectivity index (χ3v) is 4.10. The number of rotatable bonds is 3. The van der Waals surface area contributed by atoms with Gasteiger partial charge in [0, 0.05) is 18.3 Å². The number of anilines is 1. The van der Waals surface area contributed by atoms with E-state index in [9.17, 15) is 4.79 Å². The first kappa shape index (κ1) is 14.4. The first-order valence-electron chi connectivity index (χ1n) is 7.82. The lowest BCUT2D eigenvalue weighted by Crippen LogP contribution is -2.43. The molecule has 0 fully saturated rings. The van der Waals surface area contributed by atoms with Gasteiger partial charge in [0.05, 0.1) is 18.3 Å². The molecule has 0 radical (unpaired) electrons. The average molecular weight is 323 g/mol. The molecule has 8 nitrogen and oxygen atoms in total. The number of carbonyl (C=O) groups is 1. The second-order valence-electron chi connectivity index (χ2n) is 5.74. The zero-order chi connectivity index (χ0) is 16.4. The molecule has 3 aromatic rings. The lowest BCUT2D eigenvalue weighted by Gasteiger charge is -2.23. The first-order chi connectivity index (χ1) is 11.8. The molecule has 8 heteroatoms. The number of carbonyl (C=O) groups excluding carboxylic acids is 1. The second kappa shape index (κ2) is 6.15. The summed E-state index contributed by atoms with van der Waals surface area (Å²) >= 11 is 0. The van der Waals surface area contributed by atoms with E-state index in [1.807, 2.05) is 35.0 Å². The fraction of sp³-hybridized carbons (Fsp3) is 0.250. The molecule has 24 heavy (non-hydrogen) atoms. The topological polar surface area (TPSA) is 101 Å². The molecule has 0 spiro atoms. The minimum absolute atomic E-state index is 0.0588. The zero-order valence-electron chi connectivity index (χ0n) is 12.9. The van der Waals surface area contributed by atoms with Crippen molar-refractivity contribution >= 4 is 11.7 Å². The second-order valence-corrected chi connectivity index (χ2v) is 5.74. The Hall–Kier alpha value is -3.16. The third kappa shape index (κ3) is 2.98. The van der Waals surface area contributed by atoms with E-state index in [-0.39, 0.29) is 12.1 Å². The van der Waals surface area contributed by atoms with E-state index in [1.54, 1.807) is 12.5 Å². The summed E-state index contributed by atoms with van der Waals surface area (Å²) in [6.45, 7) is 0.654. The molecule has 0 saturated heterocycles. The Morgan fingerprint density at radius 1 is 1.25 bits per heavy atom. The summed E-state index contributed by atoms with van der Waals surface area (Å²) in [5, 5.41) is 16.8. The molecule has 1 aliphatic rings. The monoisotopic (exact) mass is 323 g/mol. The largest absolute Gasteiger partial charge is 0.333 e. The third-order valence-electron chi connectivity index (χ3n) is 4.10. The number of benzene rings is 1. The van der Waals surface area contributed by atoms with Gasteiger partial charge in [0.25, 0.3) is 0 Å². The maximum Gasteiger partial charge on any atom is 0.319 e. The summed E-state index contributed by atoms with van der Waals surface area (Å²) in [5.74, 6) is 0.975. The maximum absolute atomic E-state index is 12.2. The molecule has 1 atom stereocenters. The van der Waals surface area contributed by atoms with Crippen LogP contribution >= 0.6 is 0 Å². The van der Waals surface area contributed by atoms with Gasteiger partial charge < -0.3 is 10.6 Å². The predicted molar refractivity (Wildman–Crippen MR) is 88.3 cm³/mol. The normalized spacial score (nSPS) is 16.4. The van der Waals surface area contributed by atoms with Crippen molar-refractivity contribution in [2.75, 3.05) is 5.32 Å². The molecule has 2 amide bonds. The molecule has 1 aliphatic heterocycles. The minimum Gasteiger partial charge on any atom is -0.333 e. The quantitative estimate of drug-likeness (QED) is 0.684. The number of hydrogen-bond donors (Lipinski definition) is 3. The van der Waals surface area contributed by atoms with Crippen LogP contribution in [0.3, 0.4) is 0 Å². The number of nitrogens with zero attached hydrogens (tertiary/aromatic N) is 4. The van der Waals surface area contributed by atoms with Crippen LogP contribution in [0.15, 0.2) is 42.9 Å². The molecule has 0 unspecified atom stereocenters. The van der Waals surface area contributed by atoms with Crippen LogP contribution in [0.2, 0.25) is 0 Å². The molecule has 0 saturated carbocycles. The number of aromatic amines is 1. The highest BCUT2D eigenvalue weighted by atomic mass is 16.2. The Bertz CT molecular complexity index is 823. The van der Waals surface area contributed by atoms with Crippen LogP contribution in [-0.4, -0.2) is 37.0 Å². The molecule has 122 valence electrons. The number of fused-ring (bicyclic) bond motifs is 1. The van der Waals surface area contributed by atoms with Gasteiger partial charge in [0.2, 0.25) is 0 Å². The SMILES string of the molecule is O=C(Nc1ccc(-c2ccn[nH]2)cc1)N[C@@H]1CCc2ncnn2C1. The molecule has 4 rings (SSSR count). The van der Waals surface area contributed by atoms with E-state index in [0.29, 0.717) is 6.54 Å². The van der Waals surface area contributed by atoms with Crippen LogP contribution in [0.5, 0.6) is 0 Å². The Morgan fingerprint density at radius 3 is 2.92 bits per heavy atom. The predicted octanol–water partition coefficient (Wildman–Crippen LogP) is 1.80. The van der Waals surface area contributed by atoms with E-state index < -0.39 is 0 Å². The number of urea groups is 1. The van der Waals surface area contributed by atoms with Crippen LogP contribution in [0.1, 0.15) is 12.2 Å². The molecular formula is C16H17N7O. The van der Waals surface area contributed by atoms with E-state index in [4.69, 9.17) is 0 Å². The Balaban J connectivity index is 1.35. The number of hydrogen-bond acceptors (Lipinski definition) is 4. The van der Waals surface area contributed by atoms with Crippen molar-refractivity contribution < 1.29 is 4.79 Å². The van der Waals surface area contributed by atoms with Gasteiger partial charge in [-0.15, -0.1) is 0 Å². The number of aryl methyl sites for hydroxylation is 1. The zero-order valence-corrected chi connectivity index (χ0v) is 12.9. The molecule has 1 aromatic carbocycles. The number of amides is 2. The number of nitrogens with one attached hydrogen (secondary N) is 3. The number of aromatic nitrogens is 5. The van der Waals surface area contributed by atoms with Crippen LogP contribution in [0.4, 0.5) is 10.5 Å². The summed E-state index contributed by atoms with van der Waals surface area (Å²) in [4.78, 5) is 16.3. The van der Waals surface area contributed by atoms with E-state index in [0.717, 1.165) is 35.6 Å². The van der Waals surface area contributed by atoms with Gasteiger partial charge in [0.15, 0.2) is 0 Å². The smallest absolute Gasteiger partial charge is 0.319 e. The van der Waals surface area contributed by atoms with Gasteiger partial charge in [-0.05, 0) is 30.2 Å². The standard InChI is InChI=1S/C16H17N7O/c24-16(21-13-5-6-15-17-10-19-23(15)9-13)20-12-3-1-11(2-4-12)14-7-8-18-22-14/h1-4,7-8,10,13H,5-6,9H2,(H,18,22)(H2,20,21,24)/t13-/m1/s1. The van der Waals surface area contributed by atoms with Crippen LogP contribution < -0.4 is 10.6 Å². The van der Waals surface area contributed by atoms with Crippen molar-refractivity contribution in [3.05, 3.63) is 48.7 Å². The highest BCUT2D eigenvalue weighted by Crippen LogP contribution is 2.19. The molecule has 2 aromatic heterocycles. The molecule has 0 aliphatic carbocycles. The van der Waals surface area contributed by atoms with Crippen molar-refractivity contribution in [1.82, 2.24) is 30.3 Å². The van der Waals surface area contributed by atoms with Gasteiger partial charge in [-0.25, -0.2) is 14.5 Å². The first-order valence-corrected chi connectivity index (χ1v) is 7.82. The summed E-state index contributed by atoms with van der Waals surface area (Å²) in [6, 6.07) is 9.35. The van der Waals surface area contributed by atoms with Crippen molar-refractivity contribution in [2.45, 2.75) is 25.4 Å². The molecule has 3 heterocycles. The Kier molecular flexibility index (Phi) is 3.70. The summed E-state index contributed by atoms with van der Waals surface area (Å²) in [5.41, 5.74) is 2.70.